The minimum atomic E-state index is -0.580. The molecule has 9 nitrogen and oxygen atoms in total. The molecule has 0 radical (unpaired) electrons. The number of nitrogens with one attached hydrogen (secondary N) is 3. The zero-order valence-electron chi connectivity index (χ0n) is 23.8. The summed E-state index contributed by atoms with van der Waals surface area (Å²) in [5, 5.41) is 17.8. The molecule has 43 heavy (non-hydrogen) atoms. The third kappa shape index (κ3) is 8.40. The Bertz CT molecular complexity index is 1640. The normalized spacial score (nSPS) is 11.7. The van der Waals surface area contributed by atoms with E-state index in [2.05, 4.69) is 16.0 Å². The van der Waals surface area contributed by atoms with Crippen molar-refractivity contribution in [1.82, 2.24) is 5.32 Å². The number of ether oxygens (including phenoxy) is 2. The van der Waals surface area contributed by atoms with E-state index in [-0.39, 0.29) is 17.4 Å². The number of thioether (sulfide) groups is 1. The molecule has 0 bridgehead atoms. The van der Waals surface area contributed by atoms with Crippen molar-refractivity contribution in [3.8, 4) is 17.2 Å². The lowest BCUT2D eigenvalue weighted by Crippen LogP contribution is -2.30. The lowest BCUT2D eigenvalue weighted by Gasteiger charge is -2.15. The fourth-order valence-electron chi connectivity index (χ4n) is 4.00. The molecule has 0 heterocycles. The number of amides is 3. The number of methoxy groups -OCH3 is 2. The van der Waals surface area contributed by atoms with Crippen LogP contribution in [0.1, 0.15) is 22.8 Å². The molecule has 4 aromatic rings. The Balaban J connectivity index is 1.52. The van der Waals surface area contributed by atoms with E-state index in [1.807, 2.05) is 18.2 Å². The zero-order chi connectivity index (χ0) is 30.8. The molecule has 4 rings (SSSR count). The molecule has 10 heteroatoms. The third-order valence-electron chi connectivity index (χ3n) is 6.18. The number of rotatable bonds is 11. The van der Waals surface area contributed by atoms with Crippen LogP contribution in [-0.4, -0.2) is 42.3 Å². The molecule has 1 unspecified atom stereocenters. The monoisotopic (exact) mass is 597 g/mol. The summed E-state index contributed by atoms with van der Waals surface area (Å²) >= 11 is 1.32. The van der Waals surface area contributed by atoms with Crippen LogP contribution in [0.5, 0.6) is 17.2 Å². The molecule has 4 aromatic carbocycles. The van der Waals surface area contributed by atoms with Gasteiger partial charge in [-0.1, -0.05) is 36.4 Å². The summed E-state index contributed by atoms with van der Waals surface area (Å²) in [5.41, 5.74) is 1.84. The van der Waals surface area contributed by atoms with Gasteiger partial charge in [0.05, 0.1) is 25.2 Å². The lowest BCUT2D eigenvalue weighted by molar-refractivity contribution is -0.115. The number of aromatic hydroxyl groups is 1. The van der Waals surface area contributed by atoms with Crippen molar-refractivity contribution in [3.05, 3.63) is 114 Å². The van der Waals surface area contributed by atoms with E-state index in [9.17, 15) is 19.5 Å². The lowest BCUT2D eigenvalue weighted by atomic mass is 10.1. The molecule has 0 spiro atoms. The van der Waals surface area contributed by atoms with Gasteiger partial charge < -0.3 is 30.5 Å². The highest BCUT2D eigenvalue weighted by Crippen LogP contribution is 2.29. The van der Waals surface area contributed by atoms with Gasteiger partial charge >= 0.3 is 0 Å². The number of carbonyl (C=O) groups is 3. The van der Waals surface area contributed by atoms with Crippen LogP contribution in [-0.2, 0) is 9.59 Å². The number of anilines is 2. The molecule has 0 aliphatic heterocycles. The Hall–Kier alpha value is -5.22. The van der Waals surface area contributed by atoms with Crippen LogP contribution in [0.15, 0.2) is 108 Å². The predicted octanol–water partition coefficient (Wildman–Crippen LogP) is 5.94. The average Bonchev–Trinajstić information content (AvgIpc) is 3.02. The number of benzene rings is 4. The maximum absolute atomic E-state index is 13.5. The summed E-state index contributed by atoms with van der Waals surface area (Å²) in [6, 6.07) is 27.2. The first-order valence-corrected chi connectivity index (χ1v) is 14.1. The Morgan fingerprint density at radius 1 is 0.814 bits per heavy atom. The molecular formula is C33H31N3O6S. The van der Waals surface area contributed by atoms with E-state index in [0.29, 0.717) is 34.0 Å². The number of hydrogen-bond donors (Lipinski definition) is 4. The summed E-state index contributed by atoms with van der Waals surface area (Å²) in [5.74, 6) is -0.388. The third-order valence-corrected chi connectivity index (χ3v) is 7.28. The molecule has 1 atom stereocenters. The SMILES string of the molecule is COc1cc(O)ccc1/C=C(/NC(=O)c1ccccc1)C(=O)Nc1cccc(SC(C)C(=O)Nc2ccccc2OC)c1. The minimum absolute atomic E-state index is 0.00606. The first kappa shape index (κ1) is 30.7. The highest BCUT2D eigenvalue weighted by atomic mass is 32.2. The van der Waals surface area contributed by atoms with Crippen molar-refractivity contribution in [2.24, 2.45) is 0 Å². The van der Waals surface area contributed by atoms with E-state index >= 15 is 0 Å². The van der Waals surface area contributed by atoms with Gasteiger partial charge in [0, 0.05) is 27.8 Å². The number of phenolic OH excluding ortho intramolecular Hbond substituents is 1. The van der Waals surface area contributed by atoms with E-state index in [1.165, 1.54) is 44.2 Å². The standard InChI is InChI=1S/C33H31N3O6S/c1-21(31(38)35-27-14-7-8-15-29(27)41-2)43-26-13-9-12-24(19-26)34-33(40)28(36-32(39)22-10-5-4-6-11-22)18-23-16-17-25(37)20-30(23)42-3/h4-21,37H,1-3H3,(H,34,40)(H,35,38)(H,36,39)/b28-18+. The van der Waals surface area contributed by atoms with Crippen LogP contribution in [0.3, 0.4) is 0 Å². The molecule has 220 valence electrons. The molecule has 0 saturated carbocycles. The van der Waals surface area contributed by atoms with Crippen LogP contribution in [0.4, 0.5) is 11.4 Å². The Kier molecular flexibility index (Phi) is 10.4. The molecular weight excluding hydrogens is 566 g/mol. The number of para-hydroxylation sites is 2. The van der Waals surface area contributed by atoms with Crippen molar-refractivity contribution in [3.63, 3.8) is 0 Å². The van der Waals surface area contributed by atoms with Crippen LogP contribution in [0, 0.1) is 0 Å². The van der Waals surface area contributed by atoms with E-state index in [4.69, 9.17) is 9.47 Å². The van der Waals surface area contributed by atoms with Crippen molar-refractivity contribution in [2.75, 3.05) is 24.9 Å². The van der Waals surface area contributed by atoms with E-state index in [0.717, 1.165) is 4.90 Å². The van der Waals surface area contributed by atoms with Gasteiger partial charge in [-0.25, -0.2) is 0 Å². The molecule has 0 aliphatic rings. The second-order valence-electron chi connectivity index (χ2n) is 9.24. The van der Waals surface area contributed by atoms with Crippen molar-refractivity contribution >= 4 is 46.9 Å². The highest BCUT2D eigenvalue weighted by Gasteiger charge is 2.19. The highest BCUT2D eigenvalue weighted by molar-refractivity contribution is 8.00. The fraction of sp³-hybridized carbons (Fsp3) is 0.121. The zero-order valence-corrected chi connectivity index (χ0v) is 24.6. The van der Waals surface area contributed by atoms with Crippen molar-refractivity contribution in [1.29, 1.82) is 0 Å². The topological polar surface area (TPSA) is 126 Å². The molecule has 0 aliphatic carbocycles. The van der Waals surface area contributed by atoms with E-state index in [1.54, 1.807) is 73.7 Å². The number of carbonyl (C=O) groups excluding carboxylic acids is 3. The average molecular weight is 598 g/mol. The second kappa shape index (κ2) is 14.6. The van der Waals surface area contributed by atoms with Gasteiger partial charge in [0.15, 0.2) is 0 Å². The fourth-order valence-corrected chi connectivity index (χ4v) is 4.93. The summed E-state index contributed by atoms with van der Waals surface area (Å²) < 4.78 is 10.7. The maximum atomic E-state index is 13.5. The Morgan fingerprint density at radius 2 is 1.53 bits per heavy atom. The summed E-state index contributed by atoms with van der Waals surface area (Å²) in [4.78, 5) is 40.1. The molecule has 3 amide bonds. The quantitative estimate of drug-likeness (QED) is 0.125. The maximum Gasteiger partial charge on any atom is 0.272 e. The largest absolute Gasteiger partial charge is 0.508 e. The molecule has 0 fully saturated rings. The summed E-state index contributed by atoms with van der Waals surface area (Å²) in [6.07, 6.45) is 1.47. The van der Waals surface area contributed by atoms with Gasteiger partial charge in [-0.15, -0.1) is 11.8 Å². The Morgan fingerprint density at radius 3 is 2.28 bits per heavy atom. The van der Waals surface area contributed by atoms with Gasteiger partial charge in [0.2, 0.25) is 5.91 Å². The molecule has 0 saturated heterocycles. The first-order chi connectivity index (χ1) is 20.8. The van der Waals surface area contributed by atoms with Gasteiger partial charge in [-0.05, 0) is 67.6 Å². The van der Waals surface area contributed by atoms with Crippen molar-refractivity contribution < 1.29 is 29.0 Å². The summed E-state index contributed by atoms with van der Waals surface area (Å²) in [7, 11) is 2.98. The number of hydrogen-bond acceptors (Lipinski definition) is 7. The molecule has 0 aromatic heterocycles. The first-order valence-electron chi connectivity index (χ1n) is 13.2. The number of phenols is 1. The van der Waals surface area contributed by atoms with Crippen LogP contribution < -0.4 is 25.4 Å². The second-order valence-corrected chi connectivity index (χ2v) is 10.7. The van der Waals surface area contributed by atoms with Gasteiger partial charge in [0.25, 0.3) is 11.8 Å². The molecule has 4 N–H and O–H groups in total. The predicted molar refractivity (Wildman–Crippen MR) is 169 cm³/mol. The van der Waals surface area contributed by atoms with Gasteiger partial charge in [0.1, 0.15) is 22.9 Å². The van der Waals surface area contributed by atoms with Crippen LogP contribution in [0.25, 0.3) is 6.08 Å². The van der Waals surface area contributed by atoms with Crippen LogP contribution in [0.2, 0.25) is 0 Å². The van der Waals surface area contributed by atoms with Crippen molar-refractivity contribution in [2.45, 2.75) is 17.1 Å². The smallest absolute Gasteiger partial charge is 0.272 e. The van der Waals surface area contributed by atoms with Gasteiger partial charge in [-0.3, -0.25) is 14.4 Å². The van der Waals surface area contributed by atoms with Crippen LogP contribution >= 0.6 is 11.8 Å². The summed E-state index contributed by atoms with van der Waals surface area (Å²) in [6.45, 7) is 1.78. The van der Waals surface area contributed by atoms with Gasteiger partial charge in [-0.2, -0.15) is 0 Å². The van der Waals surface area contributed by atoms with E-state index < -0.39 is 17.1 Å². The minimum Gasteiger partial charge on any atom is -0.508 e. The Labute approximate surface area is 253 Å².